The maximum Gasteiger partial charge on any atom is 0.417 e. The Labute approximate surface area is 132 Å². The molecule has 1 aliphatic rings. The Balaban J connectivity index is 0.00000220. The fourth-order valence-corrected chi connectivity index (χ4v) is 2.98. The lowest BCUT2D eigenvalue weighted by Crippen LogP contribution is -2.32. The van der Waals surface area contributed by atoms with Crippen molar-refractivity contribution in [1.82, 2.24) is 0 Å². The van der Waals surface area contributed by atoms with Crippen LogP contribution in [0.4, 0.5) is 13.2 Å². The molecule has 3 N–H and O–H groups in total. The molecule has 1 aromatic rings. The van der Waals surface area contributed by atoms with E-state index < -0.39 is 23.9 Å². The van der Waals surface area contributed by atoms with Crippen molar-refractivity contribution in [2.45, 2.75) is 44.0 Å². The maximum absolute atomic E-state index is 12.8. The molecule has 1 saturated carbocycles. The number of aliphatic hydroxyl groups excluding tert-OH is 1. The van der Waals surface area contributed by atoms with E-state index in [1.54, 1.807) is 0 Å². The van der Waals surface area contributed by atoms with Crippen molar-refractivity contribution in [3.05, 3.63) is 34.3 Å². The monoisotopic (exact) mass is 343 g/mol. The van der Waals surface area contributed by atoms with Gasteiger partial charge >= 0.3 is 6.18 Å². The van der Waals surface area contributed by atoms with E-state index >= 15 is 0 Å². The van der Waals surface area contributed by atoms with Gasteiger partial charge in [-0.3, -0.25) is 0 Å². The summed E-state index contributed by atoms with van der Waals surface area (Å²) < 4.78 is 38.4. The predicted octanol–water partition coefficient (Wildman–Crippen LogP) is 4.33. The Morgan fingerprint density at radius 2 is 1.81 bits per heavy atom. The SMILES string of the molecule is Cl.N[C@@H](c1ccc(Cl)c(C(F)(F)F)c1)[C@H](O)C1CCCC1. The Hall–Kier alpha value is -0.490. The first-order valence-corrected chi connectivity index (χ1v) is 6.99. The molecule has 21 heavy (non-hydrogen) atoms. The van der Waals surface area contributed by atoms with Gasteiger partial charge in [-0.1, -0.05) is 30.5 Å². The summed E-state index contributed by atoms with van der Waals surface area (Å²) >= 11 is 5.57. The van der Waals surface area contributed by atoms with Crippen molar-refractivity contribution < 1.29 is 18.3 Å². The smallest absolute Gasteiger partial charge is 0.391 e. The van der Waals surface area contributed by atoms with Gasteiger partial charge in [-0.15, -0.1) is 12.4 Å². The first kappa shape index (κ1) is 18.6. The van der Waals surface area contributed by atoms with Crippen molar-refractivity contribution in [3.63, 3.8) is 0 Å². The van der Waals surface area contributed by atoms with Crippen LogP contribution in [0.5, 0.6) is 0 Å². The van der Waals surface area contributed by atoms with Crippen LogP contribution in [-0.2, 0) is 6.18 Å². The molecule has 0 spiro atoms. The average molecular weight is 344 g/mol. The van der Waals surface area contributed by atoms with Gasteiger partial charge in [0.15, 0.2) is 0 Å². The van der Waals surface area contributed by atoms with Crippen molar-refractivity contribution in [2.75, 3.05) is 0 Å². The number of hydrogen-bond donors (Lipinski definition) is 2. The zero-order valence-corrected chi connectivity index (χ0v) is 12.8. The average Bonchev–Trinajstić information content (AvgIpc) is 2.90. The molecule has 0 bridgehead atoms. The van der Waals surface area contributed by atoms with Gasteiger partial charge in [0, 0.05) is 0 Å². The van der Waals surface area contributed by atoms with Crippen LogP contribution in [0.2, 0.25) is 5.02 Å². The Morgan fingerprint density at radius 1 is 1.24 bits per heavy atom. The number of hydrogen-bond acceptors (Lipinski definition) is 2. The minimum Gasteiger partial charge on any atom is -0.391 e. The van der Waals surface area contributed by atoms with Crippen LogP contribution in [0.1, 0.15) is 42.9 Å². The van der Waals surface area contributed by atoms with E-state index in [4.69, 9.17) is 17.3 Å². The second-order valence-electron chi connectivity index (χ2n) is 5.30. The van der Waals surface area contributed by atoms with Gasteiger partial charge in [0.2, 0.25) is 0 Å². The summed E-state index contributed by atoms with van der Waals surface area (Å²) in [6.07, 6.45) is -1.54. The van der Waals surface area contributed by atoms with Crippen LogP contribution in [0.25, 0.3) is 0 Å². The molecule has 7 heteroatoms. The predicted molar refractivity (Wildman–Crippen MR) is 78.6 cm³/mol. The van der Waals surface area contributed by atoms with Crippen LogP contribution in [0.3, 0.4) is 0 Å². The molecule has 1 aromatic carbocycles. The molecule has 2 rings (SSSR count). The van der Waals surface area contributed by atoms with Crippen LogP contribution in [-0.4, -0.2) is 11.2 Å². The summed E-state index contributed by atoms with van der Waals surface area (Å²) in [5.41, 5.74) is 5.27. The molecule has 1 fully saturated rings. The number of aliphatic hydroxyl groups is 1. The molecule has 1 aliphatic carbocycles. The van der Waals surface area contributed by atoms with Crippen LogP contribution in [0, 0.1) is 5.92 Å². The zero-order chi connectivity index (χ0) is 14.9. The molecule has 0 unspecified atom stereocenters. The molecule has 2 nitrogen and oxygen atoms in total. The molecule has 0 saturated heterocycles. The van der Waals surface area contributed by atoms with Crippen molar-refractivity contribution in [3.8, 4) is 0 Å². The molecule has 0 heterocycles. The molecular formula is C14H18Cl2F3NO. The second-order valence-corrected chi connectivity index (χ2v) is 5.71. The van der Waals surface area contributed by atoms with Gasteiger partial charge in [0.05, 0.1) is 22.7 Å². The van der Waals surface area contributed by atoms with Crippen LogP contribution < -0.4 is 5.73 Å². The van der Waals surface area contributed by atoms with Crippen molar-refractivity contribution in [2.24, 2.45) is 11.7 Å². The van der Waals surface area contributed by atoms with Gasteiger partial charge in [-0.2, -0.15) is 13.2 Å². The first-order valence-electron chi connectivity index (χ1n) is 6.61. The molecule has 2 atom stereocenters. The van der Waals surface area contributed by atoms with Crippen molar-refractivity contribution >= 4 is 24.0 Å². The zero-order valence-electron chi connectivity index (χ0n) is 11.2. The maximum atomic E-state index is 12.8. The van der Waals surface area contributed by atoms with Crippen LogP contribution in [0.15, 0.2) is 18.2 Å². The van der Waals surface area contributed by atoms with Gasteiger partial charge in [0.1, 0.15) is 0 Å². The molecule has 0 amide bonds. The highest BCUT2D eigenvalue weighted by molar-refractivity contribution is 6.31. The van der Waals surface area contributed by atoms with Crippen molar-refractivity contribution in [1.29, 1.82) is 0 Å². The molecule has 0 radical (unpaired) electrons. The minimum absolute atomic E-state index is 0. The standard InChI is InChI=1S/C14H17ClF3NO.ClH/c15-11-6-5-9(7-10(11)14(16,17)18)12(19)13(20)8-3-1-2-4-8;/h5-8,12-13,20H,1-4,19H2;1H/t12-,13+;/m0./s1. The van der Waals surface area contributed by atoms with E-state index in [1.165, 1.54) is 12.1 Å². The highest BCUT2D eigenvalue weighted by Gasteiger charge is 2.35. The lowest BCUT2D eigenvalue weighted by molar-refractivity contribution is -0.137. The summed E-state index contributed by atoms with van der Waals surface area (Å²) in [6, 6.07) is 2.74. The number of alkyl halides is 3. The Kier molecular flexibility index (Phi) is 6.35. The van der Waals surface area contributed by atoms with E-state index in [-0.39, 0.29) is 28.9 Å². The molecule has 0 aliphatic heterocycles. The van der Waals surface area contributed by atoms with Gasteiger partial charge in [-0.05, 0) is 36.5 Å². The molecule has 0 aromatic heterocycles. The lowest BCUT2D eigenvalue weighted by atomic mass is 9.90. The van der Waals surface area contributed by atoms with E-state index in [2.05, 4.69) is 0 Å². The second kappa shape index (κ2) is 7.18. The topological polar surface area (TPSA) is 46.2 Å². The summed E-state index contributed by atoms with van der Waals surface area (Å²) in [5.74, 6) is 0.0648. The lowest BCUT2D eigenvalue weighted by Gasteiger charge is -2.25. The summed E-state index contributed by atoms with van der Waals surface area (Å²) in [6.45, 7) is 0. The number of halogens is 5. The summed E-state index contributed by atoms with van der Waals surface area (Å²) in [5, 5.41) is 9.84. The highest BCUT2D eigenvalue weighted by atomic mass is 35.5. The van der Waals surface area contributed by atoms with E-state index in [9.17, 15) is 18.3 Å². The third-order valence-electron chi connectivity index (χ3n) is 3.93. The minimum atomic E-state index is -4.52. The fraction of sp³-hybridized carbons (Fsp3) is 0.571. The first-order chi connectivity index (χ1) is 9.30. The molecular weight excluding hydrogens is 326 g/mol. The molecule has 120 valence electrons. The largest absolute Gasteiger partial charge is 0.417 e. The number of benzene rings is 1. The third kappa shape index (κ3) is 4.25. The van der Waals surface area contributed by atoms with E-state index in [1.807, 2.05) is 0 Å². The van der Waals surface area contributed by atoms with E-state index in [0.717, 1.165) is 31.7 Å². The van der Waals surface area contributed by atoms with Crippen LogP contribution >= 0.6 is 24.0 Å². The third-order valence-corrected chi connectivity index (χ3v) is 4.26. The Bertz CT molecular complexity index is 476. The summed E-state index contributed by atoms with van der Waals surface area (Å²) in [4.78, 5) is 0. The van der Waals surface area contributed by atoms with Gasteiger partial charge in [-0.25, -0.2) is 0 Å². The fourth-order valence-electron chi connectivity index (χ4n) is 2.76. The van der Waals surface area contributed by atoms with Gasteiger partial charge in [0.25, 0.3) is 0 Å². The Morgan fingerprint density at radius 3 is 2.33 bits per heavy atom. The van der Waals surface area contributed by atoms with E-state index in [0.29, 0.717) is 0 Å². The summed E-state index contributed by atoms with van der Waals surface area (Å²) in [7, 11) is 0. The number of nitrogens with two attached hydrogens (primary N) is 1. The quantitative estimate of drug-likeness (QED) is 0.857. The number of rotatable bonds is 3. The van der Waals surface area contributed by atoms with Gasteiger partial charge < -0.3 is 10.8 Å². The normalized spacial score (nSPS) is 19.1. The highest BCUT2D eigenvalue weighted by Crippen LogP contribution is 2.38.